The Morgan fingerprint density at radius 3 is 2.33 bits per heavy atom. The predicted octanol–water partition coefficient (Wildman–Crippen LogP) is 4.68. The Bertz CT molecular complexity index is 1010. The lowest BCUT2D eigenvalue weighted by Crippen LogP contribution is -2.25. The van der Waals surface area contributed by atoms with Crippen molar-refractivity contribution in [3.05, 3.63) is 42.1 Å². The molecule has 1 atom stereocenters. The summed E-state index contributed by atoms with van der Waals surface area (Å²) < 4.78 is 3.72. The van der Waals surface area contributed by atoms with Gasteiger partial charge < -0.3 is 9.88 Å². The Hall–Kier alpha value is -2.61. The number of nitrogens with one attached hydrogen (secondary N) is 1. The monoisotopic (exact) mass is 426 g/mol. The van der Waals surface area contributed by atoms with Gasteiger partial charge >= 0.3 is 0 Å². The average Bonchev–Trinajstić information content (AvgIpc) is 3.28. The van der Waals surface area contributed by atoms with Gasteiger partial charge in [0.2, 0.25) is 5.91 Å². The van der Waals surface area contributed by atoms with Crippen LogP contribution in [0, 0.1) is 0 Å². The lowest BCUT2D eigenvalue weighted by molar-refractivity contribution is -0.115. The number of hydrogen-bond acceptors (Lipinski definition) is 5. The van der Waals surface area contributed by atoms with Gasteiger partial charge in [-0.25, -0.2) is 4.68 Å². The molecule has 160 valence electrons. The van der Waals surface area contributed by atoms with E-state index in [-0.39, 0.29) is 22.6 Å². The van der Waals surface area contributed by atoms with Gasteiger partial charge in [-0.15, -0.1) is 10.2 Å². The van der Waals surface area contributed by atoms with Crippen LogP contribution < -0.4 is 5.32 Å². The van der Waals surface area contributed by atoms with Gasteiger partial charge in [0.15, 0.2) is 11.0 Å². The third kappa shape index (κ3) is 4.75. The Morgan fingerprint density at radius 1 is 1.07 bits per heavy atom. The Morgan fingerprint density at radius 2 is 1.73 bits per heavy atom. The lowest BCUT2D eigenvalue weighted by atomic mass is 9.87. The van der Waals surface area contributed by atoms with E-state index >= 15 is 0 Å². The largest absolute Gasteiger partial charge is 0.310 e. The number of carbonyl (C=O) groups is 1. The van der Waals surface area contributed by atoms with Crippen LogP contribution in [0.1, 0.15) is 53.1 Å². The van der Waals surface area contributed by atoms with Crippen molar-refractivity contribution in [3.8, 4) is 11.4 Å². The highest BCUT2D eigenvalue weighted by Crippen LogP contribution is 2.28. The number of thioether (sulfide) groups is 1. The maximum absolute atomic E-state index is 12.7. The van der Waals surface area contributed by atoms with Crippen molar-refractivity contribution in [1.82, 2.24) is 24.5 Å². The first-order valence-electron chi connectivity index (χ1n) is 10.1. The van der Waals surface area contributed by atoms with Gasteiger partial charge in [-0.1, -0.05) is 56.8 Å². The van der Waals surface area contributed by atoms with E-state index in [0.717, 1.165) is 11.4 Å². The number of aromatic nitrogens is 5. The minimum Gasteiger partial charge on any atom is -0.310 e. The molecule has 3 rings (SSSR count). The van der Waals surface area contributed by atoms with Gasteiger partial charge in [-0.05, 0) is 31.7 Å². The molecular weight excluding hydrogens is 396 g/mol. The van der Waals surface area contributed by atoms with E-state index in [2.05, 4.69) is 65.6 Å². The zero-order valence-corrected chi connectivity index (χ0v) is 19.5. The van der Waals surface area contributed by atoms with Crippen molar-refractivity contribution in [3.63, 3.8) is 0 Å². The molecular formula is C22H30N6OS. The number of rotatable bonds is 6. The van der Waals surface area contributed by atoms with Gasteiger partial charge in [0.1, 0.15) is 5.82 Å². The minimum absolute atomic E-state index is 0.0959. The molecule has 0 aliphatic rings. The minimum atomic E-state index is -0.334. The first-order chi connectivity index (χ1) is 14.1. The molecule has 7 nitrogen and oxygen atoms in total. The normalized spacial score (nSPS) is 12.9. The zero-order valence-electron chi connectivity index (χ0n) is 18.7. The van der Waals surface area contributed by atoms with Crippen LogP contribution in [-0.2, 0) is 17.3 Å². The van der Waals surface area contributed by atoms with E-state index < -0.39 is 0 Å². The molecule has 0 aliphatic carbocycles. The number of benzene rings is 1. The fraction of sp³-hybridized carbons (Fsp3) is 0.455. The fourth-order valence-electron chi connectivity index (χ4n) is 3.05. The Labute approximate surface area is 182 Å². The highest BCUT2D eigenvalue weighted by atomic mass is 32.2. The van der Waals surface area contributed by atoms with E-state index in [1.165, 1.54) is 17.3 Å². The van der Waals surface area contributed by atoms with Crippen LogP contribution in [0.15, 0.2) is 41.7 Å². The number of hydrogen-bond donors (Lipinski definition) is 1. The third-order valence-electron chi connectivity index (χ3n) is 4.91. The van der Waals surface area contributed by atoms with Crippen LogP contribution >= 0.6 is 11.8 Å². The van der Waals surface area contributed by atoms with E-state index in [4.69, 9.17) is 0 Å². The van der Waals surface area contributed by atoms with Gasteiger partial charge in [-0.2, -0.15) is 5.10 Å². The fourth-order valence-corrected chi connectivity index (χ4v) is 3.87. The molecule has 0 fully saturated rings. The van der Waals surface area contributed by atoms with Crippen molar-refractivity contribution in [2.75, 3.05) is 5.32 Å². The topological polar surface area (TPSA) is 77.6 Å². The van der Waals surface area contributed by atoms with Crippen molar-refractivity contribution in [2.24, 2.45) is 7.05 Å². The lowest BCUT2D eigenvalue weighted by Gasteiger charge is -2.19. The van der Waals surface area contributed by atoms with Gasteiger partial charge in [0.05, 0.1) is 11.4 Å². The molecule has 0 saturated carbocycles. The van der Waals surface area contributed by atoms with E-state index in [1.54, 1.807) is 16.9 Å². The number of carbonyl (C=O) groups excluding carboxylic acids is 1. The Balaban J connectivity index is 1.71. The van der Waals surface area contributed by atoms with Gasteiger partial charge in [-0.3, -0.25) is 4.79 Å². The molecule has 30 heavy (non-hydrogen) atoms. The third-order valence-corrected chi connectivity index (χ3v) is 6.04. The van der Waals surface area contributed by atoms with Crippen molar-refractivity contribution < 1.29 is 4.79 Å². The summed E-state index contributed by atoms with van der Waals surface area (Å²) >= 11 is 1.38. The summed E-state index contributed by atoms with van der Waals surface area (Å²) in [6.07, 6.45) is 1.69. The highest BCUT2D eigenvalue weighted by Gasteiger charge is 2.21. The first-order valence-corrected chi connectivity index (χ1v) is 11.0. The first kappa shape index (κ1) is 22.1. The molecule has 1 unspecified atom stereocenters. The van der Waals surface area contributed by atoms with Crippen LogP contribution in [0.25, 0.3) is 11.4 Å². The van der Waals surface area contributed by atoms with Crippen molar-refractivity contribution in [1.29, 1.82) is 0 Å². The summed E-state index contributed by atoms with van der Waals surface area (Å²) in [4.78, 5) is 12.7. The second-order valence-electron chi connectivity index (χ2n) is 8.70. The van der Waals surface area contributed by atoms with Crippen LogP contribution in [0.5, 0.6) is 0 Å². The van der Waals surface area contributed by atoms with E-state index in [9.17, 15) is 4.79 Å². The number of anilines is 1. The maximum atomic E-state index is 12.7. The Kier molecular flexibility index (Phi) is 6.36. The molecule has 1 aromatic carbocycles. The summed E-state index contributed by atoms with van der Waals surface area (Å²) in [5.41, 5.74) is 2.38. The highest BCUT2D eigenvalue weighted by molar-refractivity contribution is 8.00. The summed E-state index contributed by atoms with van der Waals surface area (Å²) in [7, 11) is 1.92. The second kappa shape index (κ2) is 8.63. The van der Waals surface area contributed by atoms with E-state index in [1.807, 2.05) is 32.4 Å². The van der Waals surface area contributed by atoms with Crippen LogP contribution in [0.2, 0.25) is 0 Å². The molecule has 0 saturated heterocycles. The smallest absolute Gasteiger partial charge is 0.238 e. The molecule has 0 aliphatic heterocycles. The van der Waals surface area contributed by atoms with E-state index in [0.29, 0.717) is 11.0 Å². The molecule has 2 aromatic heterocycles. The molecule has 3 aromatic rings. The second-order valence-corrected chi connectivity index (χ2v) is 10.0. The molecule has 2 heterocycles. The van der Waals surface area contributed by atoms with Crippen molar-refractivity contribution in [2.45, 2.75) is 63.4 Å². The standard InChI is InChI=1S/C22H30N6OS/c1-14(2)28-18(12-13-23-28)24-20(29)15(3)30-21-26-25-19(27(21)7)16-8-10-17(11-9-16)22(4,5)6/h8-15H,1-7H3,(H,24,29). The van der Waals surface area contributed by atoms with Crippen LogP contribution in [-0.4, -0.2) is 35.7 Å². The molecule has 0 radical (unpaired) electrons. The summed E-state index contributed by atoms with van der Waals surface area (Å²) in [5.74, 6) is 1.38. The zero-order chi connectivity index (χ0) is 22.1. The molecule has 0 spiro atoms. The predicted molar refractivity (Wildman–Crippen MR) is 122 cm³/mol. The average molecular weight is 427 g/mol. The summed E-state index contributed by atoms with van der Waals surface area (Å²) in [6, 6.07) is 10.4. The van der Waals surface area contributed by atoms with Gasteiger partial charge in [0, 0.05) is 24.7 Å². The molecule has 1 amide bonds. The SMILES string of the molecule is CC(Sc1nnc(-c2ccc(C(C)(C)C)cc2)n1C)C(=O)Nc1ccnn1C(C)C. The molecule has 0 bridgehead atoms. The number of nitrogens with zero attached hydrogens (tertiary/aromatic N) is 5. The quantitative estimate of drug-likeness (QED) is 0.579. The van der Waals surface area contributed by atoms with Crippen molar-refractivity contribution >= 4 is 23.5 Å². The maximum Gasteiger partial charge on any atom is 0.238 e. The number of amides is 1. The molecule has 1 N–H and O–H groups in total. The van der Waals surface area contributed by atoms with Crippen LogP contribution in [0.3, 0.4) is 0 Å². The summed E-state index contributed by atoms with van der Waals surface area (Å²) in [5, 5.41) is 16.2. The van der Waals surface area contributed by atoms with Crippen LogP contribution in [0.4, 0.5) is 5.82 Å². The molecule has 8 heteroatoms. The van der Waals surface area contributed by atoms with Gasteiger partial charge in [0.25, 0.3) is 0 Å². The summed E-state index contributed by atoms with van der Waals surface area (Å²) in [6.45, 7) is 12.5.